The summed E-state index contributed by atoms with van der Waals surface area (Å²) in [4.78, 5) is 23.9. The number of carbonyl (C=O) groups excluding carboxylic acids is 2. The maximum atomic E-state index is 11.9. The summed E-state index contributed by atoms with van der Waals surface area (Å²) >= 11 is 0. The van der Waals surface area contributed by atoms with Gasteiger partial charge in [0.05, 0.1) is 0 Å². The number of carbonyl (C=O) groups is 2. The molecule has 0 N–H and O–H groups in total. The summed E-state index contributed by atoms with van der Waals surface area (Å²) in [7, 11) is 0. The van der Waals surface area contributed by atoms with Crippen molar-refractivity contribution in [2.45, 2.75) is 32.1 Å². The fourth-order valence-corrected chi connectivity index (χ4v) is 2.13. The summed E-state index contributed by atoms with van der Waals surface area (Å²) in [5.41, 5.74) is -0.969. The number of esters is 1. The van der Waals surface area contributed by atoms with Crippen LogP contribution in [0.5, 0.6) is 0 Å². The van der Waals surface area contributed by atoms with Crippen LogP contribution in [0.4, 0.5) is 0 Å². The number of hydrogen-bond donors (Lipinski definition) is 0. The van der Waals surface area contributed by atoms with E-state index in [2.05, 4.69) is 13.2 Å². The van der Waals surface area contributed by atoms with Crippen LogP contribution >= 0.6 is 0 Å². The van der Waals surface area contributed by atoms with Crippen molar-refractivity contribution in [1.29, 1.82) is 0 Å². The monoisotopic (exact) mass is 222 g/mol. The average molecular weight is 222 g/mol. The van der Waals surface area contributed by atoms with E-state index in [0.29, 0.717) is 19.3 Å². The maximum absolute atomic E-state index is 11.9. The maximum Gasteiger partial charge on any atom is 0.320 e. The molecule has 3 heteroatoms. The lowest BCUT2D eigenvalue weighted by Crippen LogP contribution is -2.42. The largest absolute Gasteiger partial charge is 0.461 e. The lowest BCUT2D eigenvalue weighted by atomic mass is 9.71. The molecule has 1 fully saturated rings. The van der Waals surface area contributed by atoms with Crippen molar-refractivity contribution < 1.29 is 14.3 Å². The first-order chi connectivity index (χ1) is 7.67. The van der Waals surface area contributed by atoms with E-state index in [0.717, 1.165) is 12.8 Å². The van der Waals surface area contributed by atoms with E-state index in [4.69, 9.17) is 4.74 Å². The molecule has 0 radical (unpaired) electrons. The Hall–Kier alpha value is -1.38. The Bertz CT molecular complexity index is 306. The Morgan fingerprint density at radius 3 is 2.69 bits per heavy atom. The van der Waals surface area contributed by atoms with Gasteiger partial charge in [0, 0.05) is 6.42 Å². The van der Waals surface area contributed by atoms with Gasteiger partial charge in [0.1, 0.15) is 17.8 Å². The van der Waals surface area contributed by atoms with E-state index in [9.17, 15) is 9.59 Å². The van der Waals surface area contributed by atoms with Crippen molar-refractivity contribution in [1.82, 2.24) is 0 Å². The van der Waals surface area contributed by atoms with Gasteiger partial charge in [-0.3, -0.25) is 9.59 Å². The van der Waals surface area contributed by atoms with E-state index in [-0.39, 0.29) is 12.4 Å². The van der Waals surface area contributed by atoms with Gasteiger partial charge >= 0.3 is 5.97 Å². The van der Waals surface area contributed by atoms with Gasteiger partial charge in [-0.2, -0.15) is 0 Å². The summed E-state index contributed by atoms with van der Waals surface area (Å²) in [6.07, 6.45) is 6.31. The second-order valence-corrected chi connectivity index (χ2v) is 4.09. The first-order valence-corrected chi connectivity index (χ1v) is 5.59. The molecule has 0 heterocycles. The molecule has 1 saturated carbocycles. The summed E-state index contributed by atoms with van der Waals surface area (Å²) in [6, 6.07) is 0. The Kier molecular flexibility index (Phi) is 4.47. The highest BCUT2D eigenvalue weighted by molar-refractivity contribution is 6.04. The third-order valence-corrected chi connectivity index (χ3v) is 3.01. The predicted octanol–water partition coefficient (Wildman–Crippen LogP) is 2.42. The molecule has 0 aromatic heterocycles. The van der Waals surface area contributed by atoms with Crippen molar-refractivity contribution in [2.24, 2.45) is 5.41 Å². The van der Waals surface area contributed by atoms with Crippen LogP contribution < -0.4 is 0 Å². The standard InChI is InChI=1S/C13H18O3/c1-3-8-13(12(15)16-10-4-2)9-6-5-7-11(13)14/h3-4H,1-2,5-10H2. The van der Waals surface area contributed by atoms with Crippen molar-refractivity contribution in [3.05, 3.63) is 25.3 Å². The molecule has 1 unspecified atom stereocenters. The molecule has 0 aromatic rings. The molecule has 1 atom stereocenters. The van der Waals surface area contributed by atoms with Gasteiger partial charge in [-0.1, -0.05) is 25.2 Å². The summed E-state index contributed by atoms with van der Waals surface area (Å²) in [5.74, 6) is -0.426. The molecule has 0 amide bonds. The smallest absolute Gasteiger partial charge is 0.320 e. The molecule has 0 aliphatic heterocycles. The van der Waals surface area contributed by atoms with Crippen LogP contribution in [0.3, 0.4) is 0 Å². The SMILES string of the molecule is C=CCOC(=O)C1(CC=C)CCCCC1=O. The average Bonchev–Trinajstić information content (AvgIpc) is 2.29. The third kappa shape index (κ3) is 2.40. The van der Waals surface area contributed by atoms with Crippen molar-refractivity contribution in [3.63, 3.8) is 0 Å². The molecule has 0 saturated heterocycles. The Labute approximate surface area is 96.2 Å². The normalized spacial score (nSPS) is 24.9. The molecule has 0 aromatic carbocycles. The van der Waals surface area contributed by atoms with Crippen LogP contribution in [0.25, 0.3) is 0 Å². The summed E-state index contributed by atoms with van der Waals surface area (Å²) in [5, 5.41) is 0. The summed E-state index contributed by atoms with van der Waals surface area (Å²) < 4.78 is 5.03. The van der Waals surface area contributed by atoms with E-state index in [1.165, 1.54) is 6.08 Å². The van der Waals surface area contributed by atoms with Crippen LogP contribution in [0.15, 0.2) is 25.3 Å². The zero-order chi connectivity index (χ0) is 12.0. The molecule has 1 aliphatic rings. The van der Waals surface area contributed by atoms with Gasteiger partial charge in [0.2, 0.25) is 0 Å². The zero-order valence-corrected chi connectivity index (χ0v) is 9.54. The topological polar surface area (TPSA) is 43.4 Å². The first-order valence-electron chi connectivity index (χ1n) is 5.59. The van der Waals surface area contributed by atoms with Crippen LogP contribution in [0.1, 0.15) is 32.1 Å². The van der Waals surface area contributed by atoms with Crippen molar-refractivity contribution >= 4 is 11.8 Å². The molecular weight excluding hydrogens is 204 g/mol. The number of Topliss-reactive ketones (excluding diaryl/α,β-unsaturated/α-hetero) is 1. The molecule has 3 nitrogen and oxygen atoms in total. The predicted molar refractivity (Wildman–Crippen MR) is 61.9 cm³/mol. The second kappa shape index (κ2) is 5.64. The fourth-order valence-electron chi connectivity index (χ4n) is 2.13. The molecule has 88 valence electrons. The number of allylic oxidation sites excluding steroid dienone is 1. The highest BCUT2D eigenvalue weighted by atomic mass is 16.5. The van der Waals surface area contributed by atoms with E-state index < -0.39 is 11.4 Å². The lowest BCUT2D eigenvalue weighted by Gasteiger charge is -2.32. The molecule has 16 heavy (non-hydrogen) atoms. The van der Waals surface area contributed by atoms with E-state index in [1.54, 1.807) is 6.08 Å². The number of hydrogen-bond acceptors (Lipinski definition) is 3. The zero-order valence-electron chi connectivity index (χ0n) is 9.54. The van der Waals surface area contributed by atoms with Crippen LogP contribution in [-0.4, -0.2) is 18.4 Å². The lowest BCUT2D eigenvalue weighted by molar-refractivity contribution is -0.161. The van der Waals surface area contributed by atoms with Gasteiger partial charge in [-0.05, 0) is 19.3 Å². The number of rotatable bonds is 5. The minimum Gasteiger partial charge on any atom is -0.461 e. The first kappa shape index (κ1) is 12.7. The fraction of sp³-hybridized carbons (Fsp3) is 0.538. The van der Waals surface area contributed by atoms with E-state index in [1.807, 2.05) is 0 Å². The van der Waals surface area contributed by atoms with Gasteiger partial charge in [-0.15, -0.1) is 6.58 Å². The highest BCUT2D eigenvalue weighted by Crippen LogP contribution is 2.38. The van der Waals surface area contributed by atoms with Crippen LogP contribution in [-0.2, 0) is 14.3 Å². The quantitative estimate of drug-likeness (QED) is 0.407. The van der Waals surface area contributed by atoms with Gasteiger partial charge in [0.25, 0.3) is 0 Å². The van der Waals surface area contributed by atoms with Crippen LogP contribution in [0, 0.1) is 5.41 Å². The highest BCUT2D eigenvalue weighted by Gasteiger charge is 2.46. The molecule has 0 spiro atoms. The van der Waals surface area contributed by atoms with Crippen molar-refractivity contribution in [2.75, 3.05) is 6.61 Å². The minimum absolute atomic E-state index is 0.00675. The third-order valence-electron chi connectivity index (χ3n) is 3.01. The molecule has 0 bridgehead atoms. The second-order valence-electron chi connectivity index (χ2n) is 4.09. The van der Waals surface area contributed by atoms with E-state index >= 15 is 0 Å². The Morgan fingerprint density at radius 1 is 1.38 bits per heavy atom. The Morgan fingerprint density at radius 2 is 2.12 bits per heavy atom. The van der Waals surface area contributed by atoms with Gasteiger partial charge < -0.3 is 4.74 Å². The molecule has 1 aliphatic carbocycles. The number of ether oxygens (including phenoxy) is 1. The van der Waals surface area contributed by atoms with Crippen LogP contribution in [0.2, 0.25) is 0 Å². The molecular formula is C13H18O3. The van der Waals surface area contributed by atoms with Gasteiger partial charge in [-0.25, -0.2) is 0 Å². The van der Waals surface area contributed by atoms with Crippen molar-refractivity contribution in [3.8, 4) is 0 Å². The minimum atomic E-state index is -0.969. The Balaban J connectivity index is 2.84. The molecule has 1 rings (SSSR count). The van der Waals surface area contributed by atoms with Gasteiger partial charge in [0.15, 0.2) is 0 Å². The number of ketones is 1. The summed E-state index contributed by atoms with van der Waals surface area (Å²) in [6.45, 7) is 7.26.